The molecule has 1 rings (SSSR count). The van der Waals surface area contributed by atoms with Gasteiger partial charge in [-0.2, -0.15) is 0 Å². The molecule has 0 aromatic heterocycles. The van der Waals surface area contributed by atoms with E-state index in [1.165, 1.54) is 6.08 Å². The van der Waals surface area contributed by atoms with Gasteiger partial charge in [0.15, 0.2) is 0 Å². The van der Waals surface area contributed by atoms with E-state index in [2.05, 4.69) is 6.58 Å². The SMILES string of the molecule is C=CC(C)(O)CC/C=C(\C)COC(=O)c1ccccc1. The molecule has 1 atom stereocenters. The van der Waals surface area contributed by atoms with E-state index in [0.29, 0.717) is 18.4 Å². The molecule has 0 bridgehead atoms. The van der Waals surface area contributed by atoms with Crippen molar-refractivity contribution in [2.45, 2.75) is 32.3 Å². The van der Waals surface area contributed by atoms with Crippen molar-refractivity contribution in [3.05, 3.63) is 60.2 Å². The van der Waals surface area contributed by atoms with E-state index in [1.54, 1.807) is 31.2 Å². The van der Waals surface area contributed by atoms with Gasteiger partial charge >= 0.3 is 5.97 Å². The minimum Gasteiger partial charge on any atom is -0.458 e. The Morgan fingerprint density at radius 1 is 1.40 bits per heavy atom. The lowest BCUT2D eigenvalue weighted by Crippen LogP contribution is -2.19. The molecule has 0 aliphatic rings. The number of esters is 1. The number of rotatable bonds is 7. The van der Waals surface area contributed by atoms with Crippen LogP contribution in [0.15, 0.2) is 54.6 Å². The Bertz CT molecular complexity index is 472. The van der Waals surface area contributed by atoms with Gasteiger partial charge in [0, 0.05) is 0 Å². The summed E-state index contributed by atoms with van der Waals surface area (Å²) in [7, 11) is 0. The lowest BCUT2D eigenvalue weighted by atomic mass is 10.00. The quantitative estimate of drug-likeness (QED) is 0.611. The summed E-state index contributed by atoms with van der Waals surface area (Å²) in [6, 6.07) is 8.91. The van der Waals surface area contributed by atoms with Crippen molar-refractivity contribution in [3.8, 4) is 0 Å². The lowest BCUT2D eigenvalue weighted by Gasteiger charge is -2.16. The van der Waals surface area contributed by atoms with Crippen LogP contribution in [0.3, 0.4) is 0 Å². The minimum atomic E-state index is -0.850. The monoisotopic (exact) mass is 274 g/mol. The van der Waals surface area contributed by atoms with E-state index in [4.69, 9.17) is 4.74 Å². The molecule has 0 aliphatic heterocycles. The number of carbonyl (C=O) groups excluding carboxylic acids is 1. The number of carbonyl (C=O) groups is 1. The average Bonchev–Trinajstić information content (AvgIpc) is 2.45. The van der Waals surface area contributed by atoms with Gasteiger partial charge in [-0.05, 0) is 44.4 Å². The predicted octanol–water partition coefficient (Wildman–Crippen LogP) is 3.51. The molecular weight excluding hydrogens is 252 g/mol. The zero-order valence-electron chi connectivity index (χ0n) is 12.1. The molecule has 0 spiro atoms. The summed E-state index contributed by atoms with van der Waals surface area (Å²) in [4.78, 5) is 11.7. The van der Waals surface area contributed by atoms with Crippen LogP contribution in [0.2, 0.25) is 0 Å². The minimum absolute atomic E-state index is 0.268. The second kappa shape index (κ2) is 7.65. The molecule has 0 radical (unpaired) electrons. The Morgan fingerprint density at radius 2 is 2.05 bits per heavy atom. The van der Waals surface area contributed by atoms with Crippen molar-refractivity contribution in [1.29, 1.82) is 0 Å². The van der Waals surface area contributed by atoms with Gasteiger partial charge in [0.2, 0.25) is 0 Å². The Hall–Kier alpha value is -1.87. The van der Waals surface area contributed by atoms with Gasteiger partial charge in [-0.3, -0.25) is 0 Å². The Kier molecular flexibility index (Phi) is 6.19. The van der Waals surface area contributed by atoms with Crippen molar-refractivity contribution in [2.24, 2.45) is 0 Å². The predicted molar refractivity (Wildman–Crippen MR) is 80.5 cm³/mol. The van der Waals surface area contributed by atoms with E-state index >= 15 is 0 Å². The van der Waals surface area contributed by atoms with Gasteiger partial charge in [-0.15, -0.1) is 6.58 Å². The second-order valence-electron chi connectivity index (χ2n) is 5.09. The molecule has 108 valence electrons. The third-order valence-electron chi connectivity index (χ3n) is 3.02. The summed E-state index contributed by atoms with van der Waals surface area (Å²) >= 11 is 0. The highest BCUT2D eigenvalue weighted by molar-refractivity contribution is 5.89. The Morgan fingerprint density at radius 3 is 2.65 bits per heavy atom. The molecule has 1 unspecified atom stereocenters. The van der Waals surface area contributed by atoms with Gasteiger partial charge in [0.05, 0.1) is 11.2 Å². The first-order valence-electron chi connectivity index (χ1n) is 6.68. The second-order valence-corrected chi connectivity index (χ2v) is 5.09. The summed E-state index contributed by atoms with van der Waals surface area (Å²) in [6.45, 7) is 7.48. The smallest absolute Gasteiger partial charge is 0.338 e. The van der Waals surface area contributed by atoms with E-state index in [0.717, 1.165) is 5.57 Å². The largest absolute Gasteiger partial charge is 0.458 e. The highest BCUT2D eigenvalue weighted by Crippen LogP contribution is 2.14. The molecule has 0 saturated heterocycles. The topological polar surface area (TPSA) is 46.5 Å². The molecule has 1 aromatic rings. The maximum Gasteiger partial charge on any atom is 0.338 e. The van der Waals surface area contributed by atoms with E-state index in [9.17, 15) is 9.90 Å². The number of ether oxygens (including phenoxy) is 1. The maximum absolute atomic E-state index is 11.7. The van der Waals surface area contributed by atoms with E-state index in [1.807, 2.05) is 19.1 Å². The Balaban J connectivity index is 2.38. The summed E-state index contributed by atoms with van der Waals surface area (Å²) < 4.78 is 5.21. The van der Waals surface area contributed by atoms with Crippen LogP contribution in [-0.2, 0) is 4.74 Å². The molecular formula is C17H22O3. The number of hydrogen-bond acceptors (Lipinski definition) is 3. The van der Waals surface area contributed by atoms with Gasteiger partial charge in [-0.1, -0.05) is 30.4 Å². The fourth-order valence-electron chi connectivity index (χ4n) is 1.61. The number of hydrogen-bond donors (Lipinski definition) is 1. The van der Waals surface area contributed by atoms with Crippen LogP contribution in [0.1, 0.15) is 37.0 Å². The van der Waals surface area contributed by atoms with E-state index in [-0.39, 0.29) is 12.6 Å². The van der Waals surface area contributed by atoms with Crippen LogP contribution >= 0.6 is 0 Å². The number of benzene rings is 1. The summed E-state index contributed by atoms with van der Waals surface area (Å²) in [6.07, 6.45) is 4.82. The fourth-order valence-corrected chi connectivity index (χ4v) is 1.61. The zero-order valence-corrected chi connectivity index (χ0v) is 12.1. The summed E-state index contributed by atoms with van der Waals surface area (Å²) in [5, 5.41) is 9.77. The van der Waals surface area contributed by atoms with E-state index < -0.39 is 5.60 Å². The van der Waals surface area contributed by atoms with Crippen molar-refractivity contribution in [1.82, 2.24) is 0 Å². The van der Waals surface area contributed by atoms with Crippen LogP contribution in [0.5, 0.6) is 0 Å². The lowest BCUT2D eigenvalue weighted by molar-refractivity contribution is 0.0539. The van der Waals surface area contributed by atoms with Crippen molar-refractivity contribution >= 4 is 5.97 Å². The van der Waals surface area contributed by atoms with Gasteiger partial charge < -0.3 is 9.84 Å². The third-order valence-corrected chi connectivity index (χ3v) is 3.02. The van der Waals surface area contributed by atoms with Crippen molar-refractivity contribution in [3.63, 3.8) is 0 Å². The molecule has 0 aliphatic carbocycles. The molecule has 0 fully saturated rings. The molecule has 0 saturated carbocycles. The van der Waals surface area contributed by atoms with Crippen LogP contribution in [0, 0.1) is 0 Å². The van der Waals surface area contributed by atoms with Crippen LogP contribution in [-0.4, -0.2) is 23.3 Å². The highest BCUT2D eigenvalue weighted by atomic mass is 16.5. The molecule has 20 heavy (non-hydrogen) atoms. The summed E-state index contributed by atoms with van der Waals surface area (Å²) in [5.41, 5.74) is 0.668. The Labute approximate surface area is 120 Å². The van der Waals surface area contributed by atoms with Crippen LogP contribution in [0.25, 0.3) is 0 Å². The maximum atomic E-state index is 11.7. The standard InChI is InChI=1S/C17H22O3/c1-4-17(3,19)12-8-9-14(2)13-20-16(18)15-10-6-5-7-11-15/h4-7,9-11,19H,1,8,12-13H2,2-3H3/b14-9+. The van der Waals surface area contributed by atoms with Crippen LogP contribution in [0.4, 0.5) is 0 Å². The molecule has 3 nitrogen and oxygen atoms in total. The normalized spacial score (nSPS) is 14.4. The molecule has 3 heteroatoms. The number of aliphatic hydroxyl groups is 1. The average molecular weight is 274 g/mol. The first-order chi connectivity index (χ1) is 9.44. The first kappa shape index (κ1) is 16.2. The molecule has 1 N–H and O–H groups in total. The third kappa shape index (κ3) is 5.85. The summed E-state index contributed by atoms with van der Waals surface area (Å²) in [5.74, 6) is -0.323. The van der Waals surface area contributed by atoms with Gasteiger partial charge in [-0.25, -0.2) is 4.79 Å². The molecule has 1 aromatic carbocycles. The fraction of sp³-hybridized carbons (Fsp3) is 0.353. The van der Waals surface area contributed by atoms with Crippen molar-refractivity contribution in [2.75, 3.05) is 6.61 Å². The molecule has 0 amide bonds. The van der Waals surface area contributed by atoms with Crippen molar-refractivity contribution < 1.29 is 14.6 Å². The highest BCUT2D eigenvalue weighted by Gasteiger charge is 2.13. The van der Waals surface area contributed by atoms with Gasteiger partial charge in [0.25, 0.3) is 0 Å². The van der Waals surface area contributed by atoms with Crippen LogP contribution < -0.4 is 0 Å². The zero-order chi connectivity index (χ0) is 15.0. The number of allylic oxidation sites excluding steroid dienone is 1. The first-order valence-corrected chi connectivity index (χ1v) is 6.68. The molecule has 0 heterocycles. The van der Waals surface area contributed by atoms with Gasteiger partial charge in [0.1, 0.15) is 6.61 Å².